The number of thioether (sulfide) groups is 1. The van der Waals surface area contributed by atoms with E-state index < -0.39 is 0 Å². The molecule has 0 aliphatic carbocycles. The molecule has 0 fully saturated rings. The van der Waals surface area contributed by atoms with E-state index in [1.54, 1.807) is 0 Å². The van der Waals surface area contributed by atoms with Gasteiger partial charge in [-0.15, -0.1) is 0 Å². The number of rotatable bonds is 2. The molecule has 3 rings (SSSR count). The van der Waals surface area contributed by atoms with Crippen molar-refractivity contribution in [3.05, 3.63) is 75.2 Å². The summed E-state index contributed by atoms with van der Waals surface area (Å²) in [5, 5.41) is 0.368. The summed E-state index contributed by atoms with van der Waals surface area (Å²) >= 11 is 4.86. The van der Waals surface area contributed by atoms with Gasteiger partial charge >= 0.3 is 0 Å². The van der Waals surface area contributed by atoms with Crippen LogP contribution in [0.1, 0.15) is 16.4 Å². The van der Waals surface area contributed by atoms with Crippen LogP contribution in [0, 0.1) is 0 Å². The van der Waals surface area contributed by atoms with Gasteiger partial charge in [0.05, 0.1) is 15.9 Å². The highest BCUT2D eigenvalue weighted by Gasteiger charge is 2.34. The molecule has 2 nitrogen and oxygen atoms in total. The maximum Gasteiger partial charge on any atom is 0.183 e. The van der Waals surface area contributed by atoms with Gasteiger partial charge in [-0.05, 0) is 23.3 Å². The van der Waals surface area contributed by atoms with E-state index in [-0.39, 0.29) is 11.0 Å². The number of halogens is 1. The lowest BCUT2D eigenvalue weighted by atomic mass is 9.98. The molecule has 0 spiro atoms. The average Bonchev–Trinajstić information content (AvgIpc) is 2.75. The Balaban J connectivity index is 1.98. The highest BCUT2D eigenvalue weighted by molar-refractivity contribution is 9.10. The largest absolute Gasteiger partial charge is 0.393 e. The van der Waals surface area contributed by atoms with Crippen LogP contribution in [0.4, 0.5) is 0 Å². The molecule has 2 aromatic carbocycles. The van der Waals surface area contributed by atoms with Crippen LogP contribution in [-0.2, 0) is 4.79 Å². The molecule has 2 N–H and O–H groups in total. The fourth-order valence-corrected chi connectivity index (χ4v) is 3.78. The number of carbonyl (C=O) groups is 1. The van der Waals surface area contributed by atoms with Crippen LogP contribution in [0.3, 0.4) is 0 Å². The van der Waals surface area contributed by atoms with Crippen molar-refractivity contribution in [1.82, 2.24) is 0 Å². The topological polar surface area (TPSA) is 43.1 Å². The second-order valence-electron chi connectivity index (χ2n) is 4.52. The summed E-state index contributed by atoms with van der Waals surface area (Å²) < 4.78 is 0.941. The van der Waals surface area contributed by atoms with Gasteiger partial charge in [0, 0.05) is 4.47 Å². The van der Waals surface area contributed by atoms with Crippen LogP contribution in [0.25, 0.3) is 5.57 Å². The Morgan fingerprint density at radius 2 is 1.80 bits per heavy atom. The van der Waals surface area contributed by atoms with Crippen molar-refractivity contribution < 1.29 is 4.79 Å². The third-order valence-electron chi connectivity index (χ3n) is 3.19. The van der Waals surface area contributed by atoms with Crippen molar-refractivity contribution in [2.24, 2.45) is 5.73 Å². The maximum atomic E-state index is 12.7. The van der Waals surface area contributed by atoms with Crippen LogP contribution in [0.5, 0.6) is 0 Å². The summed E-state index contributed by atoms with van der Waals surface area (Å²) in [7, 11) is 0. The van der Waals surface area contributed by atoms with Gasteiger partial charge in [0.25, 0.3) is 0 Å². The minimum absolute atomic E-state index is 0.0804. The standard InChI is InChI=1S/C16H12BrNOS/c17-12-8-4-7-11(9-12)13-14(19)15(20-16(13)18)10-5-2-1-3-6-10/h1-9,15H,18H2. The predicted molar refractivity (Wildman–Crippen MR) is 87.0 cm³/mol. The zero-order chi connectivity index (χ0) is 14.1. The first-order chi connectivity index (χ1) is 9.66. The minimum atomic E-state index is -0.231. The lowest BCUT2D eigenvalue weighted by molar-refractivity contribution is -0.113. The number of ketones is 1. The predicted octanol–water partition coefficient (Wildman–Crippen LogP) is 4.13. The minimum Gasteiger partial charge on any atom is -0.393 e. The number of nitrogens with two attached hydrogens (primary N) is 1. The smallest absolute Gasteiger partial charge is 0.183 e. The van der Waals surface area contributed by atoms with E-state index in [2.05, 4.69) is 15.9 Å². The van der Waals surface area contributed by atoms with Crippen molar-refractivity contribution in [1.29, 1.82) is 0 Å². The number of hydrogen-bond donors (Lipinski definition) is 1. The Morgan fingerprint density at radius 3 is 2.50 bits per heavy atom. The number of Topliss-reactive ketones (excluding diaryl/α,β-unsaturated/α-hetero) is 1. The van der Waals surface area contributed by atoms with Gasteiger partial charge in [-0.1, -0.05) is 70.2 Å². The fraction of sp³-hybridized carbons (Fsp3) is 0.0625. The van der Waals surface area contributed by atoms with E-state index >= 15 is 0 Å². The first kappa shape index (κ1) is 13.5. The van der Waals surface area contributed by atoms with Crippen molar-refractivity contribution in [3.63, 3.8) is 0 Å². The molecule has 0 aromatic heterocycles. The van der Waals surface area contributed by atoms with E-state index in [1.807, 2.05) is 54.6 Å². The molecule has 0 radical (unpaired) electrons. The summed E-state index contributed by atoms with van der Waals surface area (Å²) in [6.07, 6.45) is 0. The van der Waals surface area contributed by atoms with Gasteiger partial charge in [-0.25, -0.2) is 0 Å². The SMILES string of the molecule is NC1=C(c2cccc(Br)c2)C(=O)C(c2ccccc2)S1. The molecule has 100 valence electrons. The Hall–Kier alpha value is -1.52. The molecular weight excluding hydrogens is 334 g/mol. The van der Waals surface area contributed by atoms with E-state index in [0.717, 1.165) is 15.6 Å². The van der Waals surface area contributed by atoms with Crippen molar-refractivity contribution in [2.75, 3.05) is 0 Å². The Labute approximate surface area is 130 Å². The molecule has 4 heteroatoms. The molecule has 0 saturated heterocycles. The number of allylic oxidation sites excluding steroid dienone is 1. The van der Waals surface area contributed by atoms with Crippen LogP contribution in [0.15, 0.2) is 64.1 Å². The molecule has 0 amide bonds. The van der Waals surface area contributed by atoms with Crippen LogP contribution >= 0.6 is 27.7 Å². The van der Waals surface area contributed by atoms with Gasteiger partial charge < -0.3 is 5.73 Å². The molecule has 1 atom stereocenters. The van der Waals surface area contributed by atoms with Gasteiger partial charge in [-0.2, -0.15) is 0 Å². The third-order valence-corrected chi connectivity index (χ3v) is 4.86. The zero-order valence-corrected chi connectivity index (χ0v) is 12.9. The van der Waals surface area contributed by atoms with E-state index in [9.17, 15) is 4.79 Å². The summed E-state index contributed by atoms with van der Waals surface area (Å²) in [5.74, 6) is 0.0804. The van der Waals surface area contributed by atoms with Crippen LogP contribution in [0.2, 0.25) is 0 Å². The molecule has 1 unspecified atom stereocenters. The molecule has 1 heterocycles. The quantitative estimate of drug-likeness (QED) is 0.889. The number of benzene rings is 2. The van der Waals surface area contributed by atoms with Crippen LogP contribution < -0.4 is 5.73 Å². The van der Waals surface area contributed by atoms with Gasteiger partial charge in [-0.3, -0.25) is 4.79 Å². The molecule has 0 bridgehead atoms. The Kier molecular flexibility index (Phi) is 3.68. The highest BCUT2D eigenvalue weighted by atomic mass is 79.9. The summed E-state index contributed by atoms with van der Waals surface area (Å²) in [5.41, 5.74) is 8.58. The molecule has 1 aliphatic heterocycles. The monoisotopic (exact) mass is 345 g/mol. The summed E-state index contributed by atoms with van der Waals surface area (Å²) in [6, 6.07) is 17.4. The fourth-order valence-electron chi connectivity index (χ4n) is 2.27. The van der Waals surface area contributed by atoms with Crippen molar-refractivity contribution in [2.45, 2.75) is 5.25 Å². The highest BCUT2D eigenvalue weighted by Crippen LogP contribution is 2.46. The molecular formula is C16H12BrNOS. The summed E-state index contributed by atoms with van der Waals surface area (Å²) in [4.78, 5) is 12.7. The van der Waals surface area contributed by atoms with Crippen LogP contribution in [-0.4, -0.2) is 5.78 Å². The molecule has 2 aromatic rings. The van der Waals surface area contributed by atoms with Gasteiger partial charge in [0.1, 0.15) is 0 Å². The maximum absolute atomic E-state index is 12.7. The second-order valence-corrected chi connectivity index (χ2v) is 6.59. The third kappa shape index (κ3) is 2.41. The normalized spacial score (nSPS) is 18.6. The average molecular weight is 346 g/mol. The lowest BCUT2D eigenvalue weighted by Gasteiger charge is -2.08. The second kappa shape index (κ2) is 5.46. The van der Waals surface area contributed by atoms with E-state index in [0.29, 0.717) is 10.6 Å². The van der Waals surface area contributed by atoms with E-state index in [4.69, 9.17) is 5.73 Å². The lowest BCUT2D eigenvalue weighted by Crippen LogP contribution is -2.06. The molecule has 1 aliphatic rings. The molecule has 0 saturated carbocycles. The van der Waals surface area contributed by atoms with E-state index in [1.165, 1.54) is 11.8 Å². The Bertz CT molecular complexity index is 697. The number of carbonyl (C=O) groups excluding carboxylic acids is 1. The summed E-state index contributed by atoms with van der Waals surface area (Å²) in [6.45, 7) is 0. The first-order valence-corrected chi connectivity index (χ1v) is 7.85. The Morgan fingerprint density at radius 1 is 1.05 bits per heavy atom. The van der Waals surface area contributed by atoms with Gasteiger partial charge in [0.2, 0.25) is 0 Å². The van der Waals surface area contributed by atoms with Gasteiger partial charge in [0.15, 0.2) is 5.78 Å². The van der Waals surface area contributed by atoms with Crippen molar-refractivity contribution in [3.8, 4) is 0 Å². The zero-order valence-electron chi connectivity index (χ0n) is 10.5. The first-order valence-electron chi connectivity index (χ1n) is 6.18. The number of hydrogen-bond acceptors (Lipinski definition) is 3. The van der Waals surface area contributed by atoms with Crippen molar-refractivity contribution >= 4 is 39.0 Å². The molecule has 20 heavy (non-hydrogen) atoms.